The average Bonchev–Trinajstić information content (AvgIpc) is 2.60. The van der Waals surface area contributed by atoms with E-state index in [1.54, 1.807) is 6.92 Å². The fraction of sp³-hybridized carbons (Fsp3) is 0.412. The molecule has 0 saturated heterocycles. The van der Waals surface area contributed by atoms with Gasteiger partial charge in [0.1, 0.15) is 0 Å². The summed E-state index contributed by atoms with van der Waals surface area (Å²) in [5, 5.41) is 8.89. The molecule has 3 N–H and O–H groups in total. The molecule has 0 aliphatic rings. The normalized spacial score (nSPS) is 10.9. The van der Waals surface area contributed by atoms with E-state index in [-0.39, 0.29) is 18.9 Å². The largest absolute Gasteiger partial charge is 0.383 e. The van der Waals surface area contributed by atoms with E-state index < -0.39 is 11.8 Å². The van der Waals surface area contributed by atoms with Crippen molar-refractivity contribution >= 4 is 23.4 Å². The molecular weight excluding hydrogens is 324 g/mol. The molecule has 8 heteroatoms. The Bertz CT molecular complexity index is 602. The van der Waals surface area contributed by atoms with Gasteiger partial charge in [-0.3, -0.25) is 14.4 Å². The van der Waals surface area contributed by atoms with Gasteiger partial charge in [-0.1, -0.05) is 30.3 Å². The van der Waals surface area contributed by atoms with Gasteiger partial charge in [-0.2, -0.15) is 5.10 Å². The molecule has 1 aromatic carbocycles. The van der Waals surface area contributed by atoms with Crippen molar-refractivity contribution in [1.29, 1.82) is 0 Å². The van der Waals surface area contributed by atoms with Crippen LogP contribution < -0.4 is 16.1 Å². The summed E-state index contributed by atoms with van der Waals surface area (Å²) in [6.07, 6.45) is 0.779. The highest BCUT2D eigenvalue weighted by molar-refractivity contribution is 6.35. The van der Waals surface area contributed by atoms with Crippen LogP contribution in [0, 0.1) is 0 Å². The molecule has 0 aliphatic heterocycles. The first-order chi connectivity index (χ1) is 12.0. The van der Waals surface area contributed by atoms with E-state index in [9.17, 15) is 14.4 Å². The number of nitrogens with one attached hydrogen (secondary N) is 3. The topological polar surface area (TPSA) is 109 Å². The second-order valence-electron chi connectivity index (χ2n) is 5.30. The summed E-state index contributed by atoms with van der Waals surface area (Å²) in [5.41, 5.74) is 3.65. The van der Waals surface area contributed by atoms with Crippen LogP contribution in [0.15, 0.2) is 35.4 Å². The van der Waals surface area contributed by atoms with Crippen LogP contribution in [0.2, 0.25) is 0 Å². The van der Waals surface area contributed by atoms with E-state index in [2.05, 4.69) is 21.2 Å². The molecule has 0 aliphatic carbocycles. The molecule has 0 aromatic heterocycles. The molecule has 136 valence electrons. The summed E-state index contributed by atoms with van der Waals surface area (Å²) in [4.78, 5) is 34.7. The Hall–Kier alpha value is -2.74. The Labute approximate surface area is 147 Å². The maximum atomic E-state index is 11.8. The van der Waals surface area contributed by atoms with Crippen LogP contribution in [0.4, 0.5) is 0 Å². The van der Waals surface area contributed by atoms with Crippen molar-refractivity contribution in [2.75, 3.05) is 26.8 Å². The summed E-state index contributed by atoms with van der Waals surface area (Å²) >= 11 is 0. The van der Waals surface area contributed by atoms with Gasteiger partial charge >= 0.3 is 11.8 Å². The second-order valence-corrected chi connectivity index (χ2v) is 5.30. The average molecular weight is 348 g/mol. The van der Waals surface area contributed by atoms with Gasteiger partial charge in [-0.25, -0.2) is 5.43 Å². The minimum absolute atomic E-state index is 0.0420. The van der Waals surface area contributed by atoms with Crippen LogP contribution in [0.3, 0.4) is 0 Å². The lowest BCUT2D eigenvalue weighted by molar-refractivity contribution is -0.139. The number of hydrazone groups is 1. The number of rotatable bonds is 9. The zero-order valence-electron chi connectivity index (χ0n) is 14.5. The first-order valence-corrected chi connectivity index (χ1v) is 7.93. The van der Waals surface area contributed by atoms with Crippen LogP contribution in [-0.4, -0.2) is 50.2 Å². The predicted octanol–water partition coefficient (Wildman–Crippen LogP) is -0.00990. The molecule has 0 radical (unpaired) electrons. The van der Waals surface area contributed by atoms with Gasteiger partial charge in [-0.15, -0.1) is 0 Å². The van der Waals surface area contributed by atoms with Gasteiger partial charge in [-0.05, 0) is 18.9 Å². The predicted molar refractivity (Wildman–Crippen MR) is 93.9 cm³/mol. The van der Waals surface area contributed by atoms with Crippen molar-refractivity contribution in [3.8, 4) is 0 Å². The molecule has 25 heavy (non-hydrogen) atoms. The highest BCUT2D eigenvalue weighted by Crippen LogP contribution is 1.98. The molecule has 0 heterocycles. The van der Waals surface area contributed by atoms with Gasteiger partial charge < -0.3 is 15.4 Å². The zero-order chi connectivity index (χ0) is 18.5. The first-order valence-electron chi connectivity index (χ1n) is 7.93. The van der Waals surface area contributed by atoms with Crippen molar-refractivity contribution in [2.24, 2.45) is 5.10 Å². The van der Waals surface area contributed by atoms with Crippen molar-refractivity contribution in [3.63, 3.8) is 0 Å². The highest BCUT2D eigenvalue weighted by Gasteiger charge is 2.12. The van der Waals surface area contributed by atoms with Crippen molar-refractivity contribution in [3.05, 3.63) is 35.9 Å². The van der Waals surface area contributed by atoms with E-state index in [0.717, 1.165) is 12.0 Å². The lowest BCUT2D eigenvalue weighted by atomic mass is 10.1. The number of amides is 3. The number of carbonyl (C=O) groups excluding carboxylic acids is 3. The Morgan fingerprint density at radius 2 is 1.76 bits per heavy atom. The third-order valence-corrected chi connectivity index (χ3v) is 3.14. The van der Waals surface area contributed by atoms with Crippen molar-refractivity contribution < 1.29 is 19.1 Å². The maximum Gasteiger partial charge on any atom is 0.329 e. The summed E-state index contributed by atoms with van der Waals surface area (Å²) in [5.74, 6) is -1.89. The van der Waals surface area contributed by atoms with E-state index in [0.29, 0.717) is 18.9 Å². The molecule has 0 spiro atoms. The molecule has 0 fully saturated rings. The minimum Gasteiger partial charge on any atom is -0.383 e. The SMILES string of the molecule is COCCNC(=O)C(=O)NN=C(C)CC(=O)NCCc1ccccc1. The molecule has 0 saturated carbocycles. The molecule has 1 rings (SSSR count). The summed E-state index contributed by atoms with van der Waals surface area (Å²) in [6.45, 7) is 2.66. The standard InChI is InChI=1S/C17H24N4O4/c1-13(20-21-17(24)16(23)19-10-11-25-2)12-15(22)18-9-8-14-6-4-3-5-7-14/h3-7H,8-12H2,1-2H3,(H,18,22)(H,19,23)(H,21,24). The van der Waals surface area contributed by atoms with Gasteiger partial charge in [0.2, 0.25) is 5.91 Å². The molecule has 0 atom stereocenters. The molecule has 3 amide bonds. The highest BCUT2D eigenvalue weighted by atomic mass is 16.5. The number of carbonyl (C=O) groups is 3. The van der Waals surface area contributed by atoms with Crippen molar-refractivity contribution in [1.82, 2.24) is 16.1 Å². The third-order valence-electron chi connectivity index (χ3n) is 3.14. The Morgan fingerprint density at radius 1 is 1.04 bits per heavy atom. The Balaban J connectivity index is 2.25. The van der Waals surface area contributed by atoms with Crippen molar-refractivity contribution in [2.45, 2.75) is 19.8 Å². The quantitative estimate of drug-likeness (QED) is 0.252. The lowest BCUT2D eigenvalue weighted by Crippen LogP contribution is -2.39. The number of ether oxygens (including phenoxy) is 1. The molecule has 0 unspecified atom stereocenters. The Kier molecular flexibility index (Phi) is 9.54. The van der Waals surface area contributed by atoms with Crippen LogP contribution in [0.1, 0.15) is 18.9 Å². The minimum atomic E-state index is -0.889. The Morgan fingerprint density at radius 3 is 2.44 bits per heavy atom. The van der Waals surface area contributed by atoms with Gasteiger partial charge in [0.25, 0.3) is 0 Å². The van der Waals surface area contributed by atoms with Gasteiger partial charge in [0.15, 0.2) is 0 Å². The summed E-state index contributed by atoms with van der Waals surface area (Å²) < 4.78 is 4.76. The van der Waals surface area contributed by atoms with E-state index in [4.69, 9.17) is 4.74 Å². The van der Waals surface area contributed by atoms with E-state index >= 15 is 0 Å². The van der Waals surface area contributed by atoms with E-state index in [1.165, 1.54) is 7.11 Å². The maximum absolute atomic E-state index is 11.8. The smallest absolute Gasteiger partial charge is 0.329 e. The third kappa shape index (κ3) is 9.21. The molecule has 8 nitrogen and oxygen atoms in total. The van der Waals surface area contributed by atoms with Crippen LogP contribution >= 0.6 is 0 Å². The molecule has 1 aromatic rings. The lowest BCUT2D eigenvalue weighted by Gasteiger charge is -2.06. The van der Waals surface area contributed by atoms with E-state index in [1.807, 2.05) is 30.3 Å². The molecule has 0 bridgehead atoms. The number of hydrogen-bond donors (Lipinski definition) is 3. The monoisotopic (exact) mass is 348 g/mol. The van der Waals surface area contributed by atoms with Crippen LogP contribution in [0.5, 0.6) is 0 Å². The van der Waals surface area contributed by atoms with Gasteiger partial charge in [0, 0.05) is 25.9 Å². The molecular formula is C17H24N4O4. The number of methoxy groups -OCH3 is 1. The number of hydrogen-bond acceptors (Lipinski definition) is 5. The second kappa shape index (κ2) is 11.7. The number of benzene rings is 1. The van der Waals surface area contributed by atoms with Gasteiger partial charge in [0.05, 0.1) is 13.0 Å². The fourth-order valence-electron chi connectivity index (χ4n) is 1.87. The zero-order valence-corrected chi connectivity index (χ0v) is 14.5. The summed E-state index contributed by atoms with van der Waals surface area (Å²) in [7, 11) is 1.49. The first kappa shape index (κ1) is 20.3. The number of nitrogens with zero attached hydrogens (tertiary/aromatic N) is 1. The van der Waals surface area contributed by atoms with Crippen LogP contribution in [0.25, 0.3) is 0 Å². The van der Waals surface area contributed by atoms with Crippen LogP contribution in [-0.2, 0) is 25.5 Å². The fourth-order valence-corrected chi connectivity index (χ4v) is 1.87. The summed E-state index contributed by atoms with van der Waals surface area (Å²) in [6, 6.07) is 9.82.